The molecule has 5 heteroatoms. The third-order valence-electron chi connectivity index (χ3n) is 4.56. The molecule has 0 saturated heterocycles. The van der Waals surface area contributed by atoms with Gasteiger partial charge in [0.2, 0.25) is 0 Å². The van der Waals surface area contributed by atoms with Crippen molar-refractivity contribution in [2.45, 2.75) is 13.1 Å². The van der Waals surface area contributed by atoms with Crippen molar-refractivity contribution in [2.75, 3.05) is 0 Å². The number of para-hydroxylation sites is 1. The summed E-state index contributed by atoms with van der Waals surface area (Å²) in [6.07, 6.45) is 5.46. The number of hydrogen-bond acceptors (Lipinski definition) is 3. The van der Waals surface area contributed by atoms with Crippen LogP contribution in [-0.2, 0) is 13.1 Å². The predicted octanol–water partition coefficient (Wildman–Crippen LogP) is 4.62. The minimum absolute atomic E-state index is 0.131. The van der Waals surface area contributed by atoms with Gasteiger partial charge in [-0.25, -0.2) is 0 Å². The Labute approximate surface area is 163 Å². The van der Waals surface area contributed by atoms with Crippen LogP contribution < -0.4 is 0 Å². The van der Waals surface area contributed by atoms with Crippen molar-refractivity contribution in [3.63, 3.8) is 0 Å². The largest absolute Gasteiger partial charge is 0.508 e. The van der Waals surface area contributed by atoms with Gasteiger partial charge >= 0.3 is 0 Å². The average Bonchev–Trinajstić information content (AvgIpc) is 3.43. The Bertz CT molecular complexity index is 1050. The van der Waals surface area contributed by atoms with Crippen LogP contribution in [0.2, 0.25) is 0 Å². The SMILES string of the molecule is O=C(c1cccc(-n2cccc2)c1)N(Cc1ccco1)Cc1ccccc1O. The highest BCUT2D eigenvalue weighted by atomic mass is 16.3. The zero-order chi connectivity index (χ0) is 19.3. The Hall–Kier alpha value is -3.73. The van der Waals surface area contributed by atoms with Gasteiger partial charge in [0.05, 0.1) is 19.4 Å². The number of phenols is 1. The van der Waals surface area contributed by atoms with E-state index in [1.807, 2.05) is 65.5 Å². The van der Waals surface area contributed by atoms with E-state index in [2.05, 4.69) is 0 Å². The first kappa shape index (κ1) is 17.7. The Morgan fingerprint density at radius 1 is 0.929 bits per heavy atom. The van der Waals surface area contributed by atoms with Crippen molar-refractivity contribution in [3.8, 4) is 11.4 Å². The molecule has 0 fully saturated rings. The molecule has 2 aromatic heterocycles. The second-order valence-corrected chi connectivity index (χ2v) is 6.51. The van der Waals surface area contributed by atoms with Crippen LogP contribution in [0.25, 0.3) is 5.69 Å². The number of hydrogen-bond donors (Lipinski definition) is 1. The van der Waals surface area contributed by atoms with E-state index in [1.165, 1.54) is 0 Å². The molecule has 0 radical (unpaired) electrons. The number of aromatic nitrogens is 1. The number of furan rings is 1. The molecule has 0 saturated carbocycles. The van der Waals surface area contributed by atoms with Gasteiger partial charge in [-0.3, -0.25) is 4.79 Å². The van der Waals surface area contributed by atoms with Crippen molar-refractivity contribution in [3.05, 3.63) is 108 Å². The fourth-order valence-corrected chi connectivity index (χ4v) is 3.13. The van der Waals surface area contributed by atoms with E-state index in [0.717, 1.165) is 5.69 Å². The maximum absolute atomic E-state index is 13.3. The lowest BCUT2D eigenvalue weighted by atomic mass is 10.1. The van der Waals surface area contributed by atoms with Crippen molar-refractivity contribution in [2.24, 2.45) is 0 Å². The molecule has 0 bridgehead atoms. The molecule has 4 rings (SSSR count). The zero-order valence-corrected chi connectivity index (χ0v) is 15.2. The third kappa shape index (κ3) is 3.83. The van der Waals surface area contributed by atoms with E-state index in [1.54, 1.807) is 35.4 Å². The summed E-state index contributed by atoms with van der Waals surface area (Å²) in [4.78, 5) is 15.0. The van der Waals surface area contributed by atoms with Gasteiger partial charge < -0.3 is 19.0 Å². The number of benzene rings is 2. The van der Waals surface area contributed by atoms with Crippen LogP contribution in [0.5, 0.6) is 5.75 Å². The molecule has 0 unspecified atom stereocenters. The van der Waals surface area contributed by atoms with E-state index < -0.39 is 0 Å². The molecule has 2 heterocycles. The quantitative estimate of drug-likeness (QED) is 0.537. The summed E-state index contributed by atoms with van der Waals surface area (Å²) in [6, 6.07) is 22.0. The molecule has 28 heavy (non-hydrogen) atoms. The third-order valence-corrected chi connectivity index (χ3v) is 4.56. The van der Waals surface area contributed by atoms with Gasteiger partial charge in [0.15, 0.2) is 0 Å². The molecule has 0 aliphatic rings. The van der Waals surface area contributed by atoms with Gasteiger partial charge in [0.1, 0.15) is 11.5 Å². The number of carbonyl (C=O) groups excluding carboxylic acids is 1. The molecular weight excluding hydrogens is 352 g/mol. The lowest BCUT2D eigenvalue weighted by Crippen LogP contribution is -2.30. The second-order valence-electron chi connectivity index (χ2n) is 6.51. The maximum Gasteiger partial charge on any atom is 0.254 e. The van der Waals surface area contributed by atoms with Crippen molar-refractivity contribution >= 4 is 5.91 Å². The van der Waals surface area contributed by atoms with Crippen LogP contribution in [0.15, 0.2) is 95.9 Å². The normalized spacial score (nSPS) is 10.7. The molecule has 0 spiro atoms. The van der Waals surface area contributed by atoms with E-state index in [9.17, 15) is 9.90 Å². The first-order chi connectivity index (χ1) is 13.7. The Balaban J connectivity index is 1.64. The van der Waals surface area contributed by atoms with Gasteiger partial charge in [-0.05, 0) is 48.5 Å². The molecule has 2 aromatic carbocycles. The van der Waals surface area contributed by atoms with E-state index >= 15 is 0 Å². The Kier molecular flexibility index (Phi) is 4.97. The predicted molar refractivity (Wildman–Crippen MR) is 106 cm³/mol. The summed E-state index contributed by atoms with van der Waals surface area (Å²) in [7, 11) is 0. The fourth-order valence-electron chi connectivity index (χ4n) is 3.13. The Morgan fingerprint density at radius 3 is 2.50 bits per heavy atom. The van der Waals surface area contributed by atoms with Crippen LogP contribution in [0.1, 0.15) is 21.7 Å². The maximum atomic E-state index is 13.3. The summed E-state index contributed by atoms with van der Waals surface area (Å²) >= 11 is 0. The fraction of sp³-hybridized carbons (Fsp3) is 0.0870. The van der Waals surface area contributed by atoms with E-state index in [-0.39, 0.29) is 18.2 Å². The first-order valence-electron chi connectivity index (χ1n) is 9.02. The number of phenolic OH excluding ortho intramolecular Hbond substituents is 1. The van der Waals surface area contributed by atoms with Crippen molar-refractivity contribution in [1.82, 2.24) is 9.47 Å². The van der Waals surface area contributed by atoms with Gasteiger partial charge in [-0.2, -0.15) is 0 Å². The number of aromatic hydroxyl groups is 1. The minimum Gasteiger partial charge on any atom is -0.508 e. The zero-order valence-electron chi connectivity index (χ0n) is 15.2. The minimum atomic E-state index is -0.131. The number of nitrogens with zero attached hydrogens (tertiary/aromatic N) is 2. The number of rotatable bonds is 6. The van der Waals surface area contributed by atoms with Crippen LogP contribution in [0.4, 0.5) is 0 Å². The molecule has 4 aromatic rings. The number of carbonyl (C=O) groups is 1. The summed E-state index contributed by atoms with van der Waals surface area (Å²) < 4.78 is 7.40. The standard InChI is InChI=1S/C23H20N2O3/c26-22-11-2-1-7-19(22)16-25(17-21-10-6-14-28-21)23(27)18-8-5-9-20(15-18)24-12-3-4-13-24/h1-15,26H,16-17H2. The molecule has 140 valence electrons. The number of amides is 1. The van der Waals surface area contributed by atoms with E-state index in [4.69, 9.17) is 4.42 Å². The highest BCUT2D eigenvalue weighted by Gasteiger charge is 2.19. The van der Waals surface area contributed by atoms with Gasteiger partial charge in [-0.1, -0.05) is 24.3 Å². The molecule has 0 aliphatic heterocycles. The van der Waals surface area contributed by atoms with E-state index in [0.29, 0.717) is 23.4 Å². The van der Waals surface area contributed by atoms with Gasteiger partial charge in [0, 0.05) is 29.2 Å². The second kappa shape index (κ2) is 7.88. The summed E-state index contributed by atoms with van der Waals surface area (Å²) in [5.41, 5.74) is 2.17. The summed E-state index contributed by atoms with van der Waals surface area (Å²) in [5.74, 6) is 0.722. The monoisotopic (exact) mass is 372 g/mol. The van der Waals surface area contributed by atoms with Crippen LogP contribution in [-0.4, -0.2) is 20.5 Å². The summed E-state index contributed by atoms with van der Waals surface area (Å²) in [6.45, 7) is 0.591. The average molecular weight is 372 g/mol. The molecular formula is C23H20N2O3. The topological polar surface area (TPSA) is 58.6 Å². The van der Waals surface area contributed by atoms with Crippen molar-refractivity contribution < 1.29 is 14.3 Å². The molecule has 0 aliphatic carbocycles. The molecule has 1 amide bonds. The van der Waals surface area contributed by atoms with Crippen LogP contribution >= 0.6 is 0 Å². The molecule has 0 atom stereocenters. The molecule has 5 nitrogen and oxygen atoms in total. The highest BCUT2D eigenvalue weighted by Crippen LogP contribution is 2.22. The Morgan fingerprint density at radius 2 is 1.75 bits per heavy atom. The van der Waals surface area contributed by atoms with Gasteiger partial charge in [0.25, 0.3) is 5.91 Å². The lowest BCUT2D eigenvalue weighted by Gasteiger charge is -2.23. The van der Waals surface area contributed by atoms with Crippen LogP contribution in [0.3, 0.4) is 0 Å². The molecule has 1 N–H and O–H groups in total. The van der Waals surface area contributed by atoms with Crippen LogP contribution in [0, 0.1) is 0 Å². The first-order valence-corrected chi connectivity index (χ1v) is 9.02. The lowest BCUT2D eigenvalue weighted by molar-refractivity contribution is 0.0716. The van der Waals surface area contributed by atoms with Crippen molar-refractivity contribution in [1.29, 1.82) is 0 Å². The highest BCUT2D eigenvalue weighted by molar-refractivity contribution is 5.94. The smallest absolute Gasteiger partial charge is 0.254 e. The van der Waals surface area contributed by atoms with Gasteiger partial charge in [-0.15, -0.1) is 0 Å². The summed E-state index contributed by atoms with van der Waals surface area (Å²) in [5, 5.41) is 10.1.